The molecule has 0 radical (unpaired) electrons. The Kier molecular flexibility index (Phi) is 2.47. The highest BCUT2D eigenvalue weighted by Gasteiger charge is 2.63. The Morgan fingerprint density at radius 1 is 1.14 bits per heavy atom. The van der Waals surface area contributed by atoms with E-state index in [-0.39, 0.29) is 17.9 Å². The van der Waals surface area contributed by atoms with Crippen LogP contribution in [-0.2, 0) is 9.59 Å². The minimum Gasteiger partial charge on any atom is -0.481 e. The lowest BCUT2D eigenvalue weighted by atomic mass is 9.42. The Balaban J connectivity index is 1.68. The van der Waals surface area contributed by atoms with Crippen LogP contribution in [0.3, 0.4) is 0 Å². The SMILES string of the molecule is CC12CC3CC(C)(C1)CC(N1CC(C(=O)O)CC1=O)(C3)C2. The molecule has 5 rings (SSSR count). The van der Waals surface area contributed by atoms with E-state index in [2.05, 4.69) is 13.8 Å². The van der Waals surface area contributed by atoms with Crippen LogP contribution in [0, 0.1) is 22.7 Å². The molecule has 1 N–H and O–H groups in total. The van der Waals surface area contributed by atoms with E-state index in [4.69, 9.17) is 0 Å². The predicted molar refractivity (Wildman–Crippen MR) is 77.6 cm³/mol. The molecule has 3 unspecified atom stereocenters. The van der Waals surface area contributed by atoms with Crippen LogP contribution in [0.5, 0.6) is 0 Å². The first-order valence-electron chi connectivity index (χ1n) is 8.26. The largest absolute Gasteiger partial charge is 0.481 e. The van der Waals surface area contributed by atoms with Crippen LogP contribution in [-0.4, -0.2) is 34.0 Å². The van der Waals surface area contributed by atoms with E-state index in [1.54, 1.807) is 0 Å². The smallest absolute Gasteiger partial charge is 0.308 e. The number of nitrogens with zero attached hydrogens (tertiary/aromatic N) is 1. The number of carboxylic acids is 1. The Hall–Kier alpha value is -1.06. The van der Waals surface area contributed by atoms with Crippen molar-refractivity contribution < 1.29 is 14.7 Å². The molecule has 4 nitrogen and oxygen atoms in total. The molecule has 0 spiro atoms. The maximum absolute atomic E-state index is 12.5. The monoisotopic (exact) mass is 291 g/mol. The lowest BCUT2D eigenvalue weighted by molar-refractivity contribution is -0.170. The van der Waals surface area contributed by atoms with Crippen LogP contribution in [0.1, 0.15) is 58.8 Å². The molecule has 3 atom stereocenters. The van der Waals surface area contributed by atoms with Gasteiger partial charge in [-0.1, -0.05) is 13.8 Å². The third-order valence-corrected chi connectivity index (χ3v) is 6.64. The van der Waals surface area contributed by atoms with Gasteiger partial charge in [0.25, 0.3) is 0 Å². The van der Waals surface area contributed by atoms with Gasteiger partial charge in [-0.05, 0) is 55.3 Å². The van der Waals surface area contributed by atoms with Crippen molar-refractivity contribution in [3.63, 3.8) is 0 Å². The maximum Gasteiger partial charge on any atom is 0.308 e. The standard InChI is InChI=1S/C17H25NO3/c1-15-4-11-5-16(2,8-15)10-17(6-11,9-15)18-7-12(14(20)21)3-13(18)19/h11-12H,3-10H2,1-2H3,(H,20,21). The van der Waals surface area contributed by atoms with Gasteiger partial charge in [0.15, 0.2) is 0 Å². The molecule has 0 aromatic rings. The van der Waals surface area contributed by atoms with Gasteiger partial charge in [-0.3, -0.25) is 9.59 Å². The van der Waals surface area contributed by atoms with E-state index in [0.29, 0.717) is 17.4 Å². The minimum absolute atomic E-state index is 0.0375. The lowest BCUT2D eigenvalue weighted by Crippen LogP contribution is -2.65. The molecule has 116 valence electrons. The zero-order chi connectivity index (χ0) is 15.0. The highest BCUT2D eigenvalue weighted by atomic mass is 16.4. The van der Waals surface area contributed by atoms with E-state index in [1.807, 2.05) is 4.90 Å². The Labute approximate surface area is 125 Å². The number of aliphatic carboxylic acids is 1. The summed E-state index contributed by atoms with van der Waals surface area (Å²) in [7, 11) is 0. The normalized spacial score (nSPS) is 51.7. The fourth-order valence-corrected chi connectivity index (χ4v) is 7.02. The summed E-state index contributed by atoms with van der Waals surface area (Å²) in [6.07, 6.45) is 7.37. The Morgan fingerprint density at radius 2 is 1.76 bits per heavy atom. The fraction of sp³-hybridized carbons (Fsp3) is 0.882. The molecule has 0 aromatic heterocycles. The number of hydrogen-bond donors (Lipinski definition) is 1. The van der Waals surface area contributed by atoms with Gasteiger partial charge in [0.2, 0.25) is 5.91 Å². The number of rotatable bonds is 2. The molecule has 5 aliphatic rings. The molecule has 4 saturated carbocycles. The second kappa shape index (κ2) is 3.82. The van der Waals surface area contributed by atoms with E-state index in [1.165, 1.54) is 19.3 Å². The summed E-state index contributed by atoms with van der Waals surface area (Å²) in [4.78, 5) is 25.7. The van der Waals surface area contributed by atoms with Crippen LogP contribution in [0.2, 0.25) is 0 Å². The molecule has 1 saturated heterocycles. The molecule has 4 aliphatic carbocycles. The average molecular weight is 291 g/mol. The summed E-state index contributed by atoms with van der Waals surface area (Å²) in [5.74, 6) is -0.497. The van der Waals surface area contributed by atoms with Gasteiger partial charge >= 0.3 is 5.97 Å². The molecule has 21 heavy (non-hydrogen) atoms. The summed E-state index contributed by atoms with van der Waals surface area (Å²) in [5.41, 5.74) is 0.676. The van der Waals surface area contributed by atoms with Crippen LogP contribution in [0.4, 0.5) is 0 Å². The van der Waals surface area contributed by atoms with Crippen LogP contribution < -0.4 is 0 Å². The van der Waals surface area contributed by atoms with Crippen molar-refractivity contribution in [2.24, 2.45) is 22.7 Å². The third-order valence-electron chi connectivity index (χ3n) is 6.64. The minimum atomic E-state index is -0.812. The zero-order valence-electron chi connectivity index (χ0n) is 13.0. The van der Waals surface area contributed by atoms with Gasteiger partial charge in [-0.2, -0.15) is 0 Å². The summed E-state index contributed by atoms with van der Waals surface area (Å²) in [5, 5.41) is 9.25. The Bertz CT molecular complexity index is 510. The van der Waals surface area contributed by atoms with E-state index in [0.717, 1.165) is 25.2 Å². The first-order valence-corrected chi connectivity index (χ1v) is 8.26. The molecule has 1 heterocycles. The average Bonchev–Trinajstić information content (AvgIpc) is 2.67. The molecule has 5 fully saturated rings. The van der Waals surface area contributed by atoms with Gasteiger partial charge in [0.1, 0.15) is 0 Å². The van der Waals surface area contributed by atoms with Crippen molar-refractivity contribution in [1.82, 2.24) is 4.90 Å². The molecule has 4 bridgehead atoms. The number of carbonyl (C=O) groups is 2. The highest BCUT2D eigenvalue weighted by molar-refractivity contribution is 5.86. The van der Waals surface area contributed by atoms with Gasteiger partial charge in [0, 0.05) is 18.5 Å². The first kappa shape index (κ1) is 13.6. The highest BCUT2D eigenvalue weighted by Crippen LogP contribution is 2.68. The molecule has 4 heteroatoms. The van der Waals surface area contributed by atoms with Crippen LogP contribution in [0.15, 0.2) is 0 Å². The summed E-state index contributed by atoms with van der Waals surface area (Å²) >= 11 is 0. The van der Waals surface area contributed by atoms with Crippen molar-refractivity contribution in [2.45, 2.75) is 64.3 Å². The first-order chi connectivity index (χ1) is 9.73. The van der Waals surface area contributed by atoms with Crippen molar-refractivity contribution in [3.05, 3.63) is 0 Å². The molecular formula is C17H25NO3. The van der Waals surface area contributed by atoms with E-state index in [9.17, 15) is 14.7 Å². The van der Waals surface area contributed by atoms with Gasteiger partial charge < -0.3 is 10.0 Å². The lowest BCUT2D eigenvalue weighted by Gasteiger charge is -2.67. The van der Waals surface area contributed by atoms with Gasteiger partial charge in [-0.25, -0.2) is 0 Å². The van der Waals surface area contributed by atoms with Gasteiger partial charge in [-0.15, -0.1) is 0 Å². The number of likely N-dealkylation sites (tertiary alicyclic amines) is 1. The maximum atomic E-state index is 12.5. The second-order valence-corrected chi connectivity index (χ2v) is 9.10. The Morgan fingerprint density at radius 3 is 2.24 bits per heavy atom. The van der Waals surface area contributed by atoms with Crippen molar-refractivity contribution >= 4 is 11.9 Å². The number of hydrogen-bond acceptors (Lipinski definition) is 2. The van der Waals surface area contributed by atoms with E-state index >= 15 is 0 Å². The predicted octanol–water partition coefficient (Wildman–Crippen LogP) is 2.67. The molecule has 1 aliphatic heterocycles. The quantitative estimate of drug-likeness (QED) is 0.851. The van der Waals surface area contributed by atoms with Crippen molar-refractivity contribution in [1.29, 1.82) is 0 Å². The summed E-state index contributed by atoms with van der Waals surface area (Å²) in [6, 6.07) is 0. The third kappa shape index (κ3) is 1.87. The molecule has 0 aromatic carbocycles. The van der Waals surface area contributed by atoms with Crippen LogP contribution >= 0.6 is 0 Å². The number of carboxylic acid groups (broad SMARTS) is 1. The van der Waals surface area contributed by atoms with Gasteiger partial charge in [0.05, 0.1) is 5.92 Å². The fourth-order valence-electron chi connectivity index (χ4n) is 7.02. The zero-order valence-corrected chi connectivity index (χ0v) is 13.0. The number of carbonyl (C=O) groups excluding carboxylic acids is 1. The van der Waals surface area contributed by atoms with Crippen molar-refractivity contribution in [3.8, 4) is 0 Å². The van der Waals surface area contributed by atoms with E-state index < -0.39 is 11.9 Å². The number of amides is 1. The van der Waals surface area contributed by atoms with Crippen molar-refractivity contribution in [2.75, 3.05) is 6.54 Å². The topological polar surface area (TPSA) is 57.6 Å². The molecular weight excluding hydrogens is 266 g/mol. The summed E-state index contributed by atoms with van der Waals surface area (Å²) < 4.78 is 0. The molecule has 1 amide bonds. The second-order valence-electron chi connectivity index (χ2n) is 9.10. The van der Waals surface area contributed by atoms with Crippen LogP contribution in [0.25, 0.3) is 0 Å². The summed E-state index contributed by atoms with van der Waals surface area (Å²) in [6.45, 7) is 5.21.